The van der Waals surface area contributed by atoms with Gasteiger partial charge in [-0.3, -0.25) is 4.99 Å². The average molecular weight is 181 g/mol. The molecule has 0 aromatic carbocycles. The quantitative estimate of drug-likeness (QED) is 0.287. The molecule has 0 aromatic heterocycles. The SMILES string of the molecule is C=C(/C=C\C=NC(C)C)C(=O)OC. The minimum Gasteiger partial charge on any atom is -0.465 e. The molecule has 0 bridgehead atoms. The van der Waals surface area contributed by atoms with Crippen LogP contribution < -0.4 is 0 Å². The van der Waals surface area contributed by atoms with Crippen molar-refractivity contribution in [2.45, 2.75) is 19.9 Å². The molecule has 3 nitrogen and oxygen atoms in total. The van der Waals surface area contributed by atoms with E-state index in [1.165, 1.54) is 7.11 Å². The lowest BCUT2D eigenvalue weighted by molar-refractivity contribution is -0.135. The molecule has 0 atom stereocenters. The molecule has 0 aliphatic rings. The number of ether oxygens (including phenoxy) is 1. The number of esters is 1. The molecular formula is C10H15NO2. The van der Waals surface area contributed by atoms with Crippen LogP contribution in [-0.2, 0) is 9.53 Å². The number of carbonyl (C=O) groups excluding carboxylic acids is 1. The normalized spacial score (nSPS) is 11.4. The second kappa shape index (κ2) is 6.17. The maximum absolute atomic E-state index is 10.8. The number of methoxy groups -OCH3 is 1. The van der Waals surface area contributed by atoms with Crippen molar-refractivity contribution in [2.75, 3.05) is 7.11 Å². The molecule has 0 aliphatic carbocycles. The molecule has 0 saturated carbocycles. The van der Waals surface area contributed by atoms with Crippen LogP contribution in [-0.4, -0.2) is 25.3 Å². The van der Waals surface area contributed by atoms with Gasteiger partial charge in [0.1, 0.15) is 0 Å². The Bertz CT molecular complexity index is 239. The molecule has 0 aliphatic heterocycles. The van der Waals surface area contributed by atoms with Gasteiger partial charge in [0.05, 0.1) is 12.7 Å². The Morgan fingerprint density at radius 2 is 2.15 bits per heavy atom. The standard InChI is InChI=1S/C10H15NO2/c1-8(2)11-7-5-6-9(3)10(12)13-4/h5-8H,3H2,1-2,4H3/b6-5-,11-7?. The summed E-state index contributed by atoms with van der Waals surface area (Å²) in [6, 6.07) is 0.260. The van der Waals surface area contributed by atoms with Gasteiger partial charge in [-0.2, -0.15) is 0 Å². The maximum Gasteiger partial charge on any atom is 0.337 e. The first kappa shape index (κ1) is 11.6. The van der Waals surface area contributed by atoms with Gasteiger partial charge < -0.3 is 4.74 Å². The van der Waals surface area contributed by atoms with Gasteiger partial charge >= 0.3 is 5.97 Å². The van der Waals surface area contributed by atoms with E-state index in [9.17, 15) is 4.79 Å². The fraction of sp³-hybridized carbons (Fsp3) is 0.400. The Kier molecular flexibility index (Phi) is 5.52. The summed E-state index contributed by atoms with van der Waals surface area (Å²) < 4.78 is 4.46. The molecule has 0 fully saturated rings. The van der Waals surface area contributed by atoms with E-state index in [-0.39, 0.29) is 6.04 Å². The van der Waals surface area contributed by atoms with Gasteiger partial charge in [0.15, 0.2) is 0 Å². The first-order chi connectivity index (χ1) is 6.07. The van der Waals surface area contributed by atoms with Crippen LogP contribution in [0.4, 0.5) is 0 Å². The van der Waals surface area contributed by atoms with E-state index in [2.05, 4.69) is 16.3 Å². The van der Waals surface area contributed by atoms with Crippen molar-refractivity contribution in [1.29, 1.82) is 0 Å². The molecule has 0 aromatic rings. The number of hydrogen-bond donors (Lipinski definition) is 0. The van der Waals surface area contributed by atoms with Crippen molar-refractivity contribution < 1.29 is 9.53 Å². The first-order valence-corrected chi connectivity index (χ1v) is 4.05. The number of carbonyl (C=O) groups is 1. The zero-order chi connectivity index (χ0) is 10.3. The zero-order valence-electron chi connectivity index (χ0n) is 8.28. The molecule has 0 N–H and O–H groups in total. The summed E-state index contributed by atoms with van der Waals surface area (Å²) in [4.78, 5) is 14.9. The van der Waals surface area contributed by atoms with Gasteiger partial charge in [0.2, 0.25) is 0 Å². The summed E-state index contributed by atoms with van der Waals surface area (Å²) in [5.74, 6) is -0.422. The third kappa shape index (κ3) is 5.84. The van der Waals surface area contributed by atoms with Gasteiger partial charge in [-0.25, -0.2) is 4.79 Å². The highest BCUT2D eigenvalue weighted by atomic mass is 16.5. The summed E-state index contributed by atoms with van der Waals surface area (Å²) in [7, 11) is 1.32. The number of rotatable bonds is 4. The van der Waals surface area contributed by atoms with Gasteiger partial charge in [-0.1, -0.05) is 6.58 Å². The van der Waals surface area contributed by atoms with E-state index in [1.807, 2.05) is 13.8 Å². The van der Waals surface area contributed by atoms with E-state index < -0.39 is 5.97 Å². The lowest BCUT2D eigenvalue weighted by Gasteiger charge is -1.95. The summed E-state index contributed by atoms with van der Waals surface area (Å²) in [6.07, 6.45) is 4.87. The monoisotopic (exact) mass is 181 g/mol. The Hall–Kier alpha value is -1.38. The smallest absolute Gasteiger partial charge is 0.337 e. The van der Waals surface area contributed by atoms with Crippen molar-refractivity contribution in [2.24, 2.45) is 4.99 Å². The van der Waals surface area contributed by atoms with Gasteiger partial charge in [0.25, 0.3) is 0 Å². The minimum absolute atomic E-state index is 0.260. The zero-order valence-corrected chi connectivity index (χ0v) is 8.28. The van der Waals surface area contributed by atoms with Gasteiger partial charge in [-0.05, 0) is 26.0 Å². The second-order valence-corrected chi connectivity index (χ2v) is 2.77. The maximum atomic E-state index is 10.8. The van der Waals surface area contributed by atoms with Crippen molar-refractivity contribution in [3.8, 4) is 0 Å². The van der Waals surface area contributed by atoms with Crippen molar-refractivity contribution in [3.63, 3.8) is 0 Å². The number of hydrogen-bond acceptors (Lipinski definition) is 3. The van der Waals surface area contributed by atoms with Crippen molar-refractivity contribution >= 4 is 12.2 Å². The van der Waals surface area contributed by atoms with E-state index in [0.717, 1.165) is 0 Å². The minimum atomic E-state index is -0.422. The fourth-order valence-corrected chi connectivity index (χ4v) is 0.580. The van der Waals surface area contributed by atoms with Gasteiger partial charge in [-0.15, -0.1) is 0 Å². The van der Waals surface area contributed by atoms with Crippen LogP contribution in [0.25, 0.3) is 0 Å². The number of nitrogens with zero attached hydrogens (tertiary/aromatic N) is 1. The van der Waals surface area contributed by atoms with Crippen LogP contribution >= 0.6 is 0 Å². The van der Waals surface area contributed by atoms with Crippen LogP contribution in [0.3, 0.4) is 0 Å². The van der Waals surface area contributed by atoms with E-state index in [4.69, 9.17) is 0 Å². The second-order valence-electron chi connectivity index (χ2n) is 2.77. The van der Waals surface area contributed by atoms with Crippen molar-refractivity contribution in [3.05, 3.63) is 24.3 Å². The van der Waals surface area contributed by atoms with E-state index >= 15 is 0 Å². The van der Waals surface area contributed by atoms with Crippen molar-refractivity contribution in [1.82, 2.24) is 0 Å². The third-order valence-corrected chi connectivity index (χ3v) is 1.22. The van der Waals surface area contributed by atoms with Crippen LogP contribution in [0, 0.1) is 0 Å². The van der Waals surface area contributed by atoms with Crippen LogP contribution in [0.1, 0.15) is 13.8 Å². The number of aliphatic imine (C=N–C) groups is 1. The summed E-state index contributed by atoms with van der Waals surface area (Å²) in [5.41, 5.74) is 0.317. The highest BCUT2D eigenvalue weighted by Gasteiger charge is 1.99. The predicted octanol–water partition coefficient (Wildman–Crippen LogP) is 1.75. The molecule has 13 heavy (non-hydrogen) atoms. The Labute approximate surface area is 78.8 Å². The van der Waals surface area contributed by atoms with Crippen LogP contribution in [0.5, 0.6) is 0 Å². The Balaban J connectivity index is 3.99. The lowest BCUT2D eigenvalue weighted by Crippen LogP contribution is -2.00. The van der Waals surface area contributed by atoms with E-state index in [0.29, 0.717) is 5.57 Å². The largest absolute Gasteiger partial charge is 0.465 e. The molecule has 0 heterocycles. The topological polar surface area (TPSA) is 38.7 Å². The highest BCUT2D eigenvalue weighted by molar-refractivity contribution is 5.91. The molecule has 0 spiro atoms. The van der Waals surface area contributed by atoms with Crippen LogP contribution in [0.15, 0.2) is 29.3 Å². The predicted molar refractivity (Wildman–Crippen MR) is 53.9 cm³/mol. The first-order valence-electron chi connectivity index (χ1n) is 4.05. The molecule has 0 radical (unpaired) electrons. The Morgan fingerprint density at radius 1 is 1.54 bits per heavy atom. The lowest BCUT2D eigenvalue weighted by atomic mass is 10.3. The third-order valence-electron chi connectivity index (χ3n) is 1.22. The fourth-order valence-electron chi connectivity index (χ4n) is 0.580. The molecule has 0 rings (SSSR count). The highest BCUT2D eigenvalue weighted by Crippen LogP contribution is 1.94. The van der Waals surface area contributed by atoms with E-state index in [1.54, 1.807) is 18.4 Å². The summed E-state index contributed by atoms with van der Waals surface area (Å²) >= 11 is 0. The molecular weight excluding hydrogens is 166 g/mol. The number of allylic oxidation sites excluding steroid dienone is 1. The average Bonchev–Trinajstić information content (AvgIpc) is 2.10. The summed E-state index contributed by atoms with van der Waals surface area (Å²) in [5, 5.41) is 0. The molecule has 72 valence electrons. The van der Waals surface area contributed by atoms with Crippen LogP contribution in [0.2, 0.25) is 0 Å². The Morgan fingerprint density at radius 3 is 2.62 bits per heavy atom. The molecule has 3 heteroatoms. The molecule has 0 saturated heterocycles. The summed E-state index contributed by atoms with van der Waals surface area (Å²) in [6.45, 7) is 7.46. The molecule has 0 amide bonds. The molecule has 0 unspecified atom stereocenters. The van der Waals surface area contributed by atoms with Gasteiger partial charge in [0, 0.05) is 12.3 Å².